The molecule has 1 aliphatic heterocycles. The van der Waals surface area contributed by atoms with Crippen LogP contribution < -0.4 is 0 Å². The molecule has 1 fully saturated rings. The molecule has 0 amide bonds. The number of aliphatic hydroxyl groups excluding tert-OH is 1. The summed E-state index contributed by atoms with van der Waals surface area (Å²) in [5.74, 6) is -1.27. The minimum Gasteiger partial charge on any atom is -0.481 e. The Balaban J connectivity index is 2.01. The number of aliphatic carboxylic acids is 1. The monoisotopic (exact) mass is 277 g/mol. The van der Waals surface area contributed by atoms with Gasteiger partial charge in [-0.1, -0.05) is 30.7 Å². The maximum absolute atomic E-state index is 10.9. The molecule has 0 bridgehead atoms. The SMILES string of the molecule is CC(C(=O)O)c1ccc(CN2CCCCC2CO)cc1. The summed E-state index contributed by atoms with van der Waals surface area (Å²) < 4.78 is 0. The second-order valence-corrected chi connectivity index (χ2v) is 5.60. The zero-order valence-electron chi connectivity index (χ0n) is 12.0. The van der Waals surface area contributed by atoms with Gasteiger partial charge < -0.3 is 10.2 Å². The molecule has 2 rings (SSSR count). The molecule has 0 aliphatic carbocycles. The summed E-state index contributed by atoms with van der Waals surface area (Å²) >= 11 is 0. The van der Waals surface area contributed by atoms with Crippen LogP contribution in [0.25, 0.3) is 0 Å². The molecule has 4 nitrogen and oxygen atoms in total. The first kappa shape index (κ1) is 15.0. The number of carbonyl (C=O) groups is 1. The maximum atomic E-state index is 10.9. The van der Waals surface area contributed by atoms with Crippen molar-refractivity contribution in [3.63, 3.8) is 0 Å². The third-order valence-corrected chi connectivity index (χ3v) is 4.20. The van der Waals surface area contributed by atoms with Gasteiger partial charge in [0.2, 0.25) is 0 Å². The molecule has 2 unspecified atom stereocenters. The van der Waals surface area contributed by atoms with E-state index in [9.17, 15) is 9.90 Å². The first-order valence-electron chi connectivity index (χ1n) is 7.28. The number of hydrogen-bond acceptors (Lipinski definition) is 3. The molecule has 110 valence electrons. The van der Waals surface area contributed by atoms with Gasteiger partial charge in [-0.2, -0.15) is 0 Å². The maximum Gasteiger partial charge on any atom is 0.310 e. The van der Waals surface area contributed by atoms with Crippen LogP contribution in [0, 0.1) is 0 Å². The molecule has 2 N–H and O–H groups in total. The van der Waals surface area contributed by atoms with Crippen molar-refractivity contribution in [1.29, 1.82) is 0 Å². The number of carboxylic acids is 1. The van der Waals surface area contributed by atoms with Gasteiger partial charge in [0.15, 0.2) is 0 Å². The molecule has 0 radical (unpaired) electrons. The predicted molar refractivity (Wildman–Crippen MR) is 77.6 cm³/mol. The molecule has 1 aliphatic rings. The summed E-state index contributed by atoms with van der Waals surface area (Å²) in [7, 11) is 0. The molecule has 0 aromatic heterocycles. The quantitative estimate of drug-likeness (QED) is 0.866. The standard InChI is InChI=1S/C16H23NO3/c1-12(16(19)20)14-7-5-13(6-8-14)10-17-9-3-2-4-15(17)11-18/h5-8,12,15,18H,2-4,9-11H2,1H3,(H,19,20). The van der Waals surface area contributed by atoms with Crippen molar-refractivity contribution in [2.24, 2.45) is 0 Å². The number of rotatable bonds is 5. The Morgan fingerprint density at radius 1 is 1.35 bits per heavy atom. The van der Waals surface area contributed by atoms with Crippen molar-refractivity contribution in [1.82, 2.24) is 4.90 Å². The van der Waals surface area contributed by atoms with Crippen LogP contribution >= 0.6 is 0 Å². The highest BCUT2D eigenvalue weighted by molar-refractivity contribution is 5.75. The summed E-state index contributed by atoms with van der Waals surface area (Å²) in [5, 5.41) is 18.4. The van der Waals surface area contributed by atoms with Crippen molar-refractivity contribution in [3.05, 3.63) is 35.4 Å². The summed E-state index contributed by atoms with van der Waals surface area (Å²) in [6.07, 6.45) is 3.44. The fourth-order valence-electron chi connectivity index (χ4n) is 2.76. The molecule has 0 saturated carbocycles. The van der Waals surface area contributed by atoms with Crippen LogP contribution in [0.1, 0.15) is 43.2 Å². The van der Waals surface area contributed by atoms with E-state index in [4.69, 9.17) is 5.11 Å². The smallest absolute Gasteiger partial charge is 0.310 e. The van der Waals surface area contributed by atoms with E-state index in [1.165, 1.54) is 18.4 Å². The molecule has 1 saturated heterocycles. The number of aliphatic hydroxyl groups is 1. The van der Waals surface area contributed by atoms with Crippen molar-refractivity contribution in [2.45, 2.75) is 44.7 Å². The van der Waals surface area contributed by atoms with E-state index >= 15 is 0 Å². The number of likely N-dealkylation sites (tertiary alicyclic amines) is 1. The molecule has 20 heavy (non-hydrogen) atoms. The lowest BCUT2D eigenvalue weighted by atomic mass is 9.98. The molecule has 4 heteroatoms. The number of piperidine rings is 1. The topological polar surface area (TPSA) is 60.8 Å². The van der Waals surface area contributed by atoms with E-state index in [0.717, 1.165) is 25.1 Å². The molecule has 2 atom stereocenters. The lowest BCUT2D eigenvalue weighted by Crippen LogP contribution is -2.41. The van der Waals surface area contributed by atoms with Crippen LogP contribution in [0.15, 0.2) is 24.3 Å². The van der Waals surface area contributed by atoms with Gasteiger partial charge >= 0.3 is 5.97 Å². The lowest BCUT2D eigenvalue weighted by Gasteiger charge is -2.34. The van der Waals surface area contributed by atoms with E-state index in [1.54, 1.807) is 6.92 Å². The molecule has 0 spiro atoms. The van der Waals surface area contributed by atoms with Gasteiger partial charge in [0.1, 0.15) is 0 Å². The number of nitrogens with zero attached hydrogens (tertiary/aromatic N) is 1. The van der Waals surface area contributed by atoms with Gasteiger partial charge in [-0.25, -0.2) is 0 Å². The van der Waals surface area contributed by atoms with Crippen LogP contribution in [0.5, 0.6) is 0 Å². The van der Waals surface area contributed by atoms with E-state index in [0.29, 0.717) is 0 Å². The lowest BCUT2D eigenvalue weighted by molar-refractivity contribution is -0.138. The Morgan fingerprint density at radius 2 is 2.05 bits per heavy atom. The predicted octanol–water partition coefficient (Wildman–Crippen LogP) is 2.22. The van der Waals surface area contributed by atoms with Crippen molar-refractivity contribution in [2.75, 3.05) is 13.2 Å². The van der Waals surface area contributed by atoms with Gasteiger partial charge in [-0.3, -0.25) is 9.69 Å². The van der Waals surface area contributed by atoms with Crippen LogP contribution in [0.2, 0.25) is 0 Å². The summed E-state index contributed by atoms with van der Waals surface area (Å²) in [6, 6.07) is 8.05. The number of hydrogen-bond donors (Lipinski definition) is 2. The Bertz CT molecular complexity index is 444. The fourth-order valence-corrected chi connectivity index (χ4v) is 2.76. The second kappa shape index (κ2) is 6.86. The van der Waals surface area contributed by atoms with Gasteiger partial charge in [0.25, 0.3) is 0 Å². The van der Waals surface area contributed by atoms with Crippen LogP contribution in [-0.4, -0.2) is 40.3 Å². The summed E-state index contributed by atoms with van der Waals surface area (Å²) in [6.45, 7) is 3.77. The van der Waals surface area contributed by atoms with Gasteiger partial charge in [-0.05, 0) is 37.4 Å². The van der Waals surface area contributed by atoms with Gasteiger partial charge in [-0.15, -0.1) is 0 Å². The molecule has 1 heterocycles. The highest BCUT2D eigenvalue weighted by Crippen LogP contribution is 2.21. The summed E-state index contributed by atoms with van der Waals surface area (Å²) in [4.78, 5) is 13.3. The Kier molecular flexibility index (Phi) is 5.15. The first-order chi connectivity index (χ1) is 9.61. The zero-order valence-corrected chi connectivity index (χ0v) is 12.0. The van der Waals surface area contributed by atoms with Crippen LogP contribution in [-0.2, 0) is 11.3 Å². The highest BCUT2D eigenvalue weighted by atomic mass is 16.4. The highest BCUT2D eigenvalue weighted by Gasteiger charge is 2.21. The molecule has 1 aromatic rings. The molecule has 1 aromatic carbocycles. The van der Waals surface area contributed by atoms with Crippen molar-refractivity contribution < 1.29 is 15.0 Å². The normalized spacial score (nSPS) is 21.6. The fraction of sp³-hybridized carbons (Fsp3) is 0.562. The van der Waals surface area contributed by atoms with Gasteiger partial charge in [0, 0.05) is 12.6 Å². The van der Waals surface area contributed by atoms with E-state index in [2.05, 4.69) is 4.90 Å². The minimum atomic E-state index is -0.797. The van der Waals surface area contributed by atoms with Crippen molar-refractivity contribution >= 4 is 5.97 Å². The molecular weight excluding hydrogens is 254 g/mol. The minimum absolute atomic E-state index is 0.216. The second-order valence-electron chi connectivity index (χ2n) is 5.60. The Morgan fingerprint density at radius 3 is 2.65 bits per heavy atom. The van der Waals surface area contributed by atoms with Crippen molar-refractivity contribution in [3.8, 4) is 0 Å². The Labute approximate surface area is 120 Å². The van der Waals surface area contributed by atoms with Gasteiger partial charge in [0.05, 0.1) is 12.5 Å². The third-order valence-electron chi connectivity index (χ3n) is 4.20. The summed E-state index contributed by atoms with van der Waals surface area (Å²) in [5.41, 5.74) is 2.00. The number of carboxylic acid groups (broad SMARTS) is 1. The number of benzene rings is 1. The first-order valence-corrected chi connectivity index (χ1v) is 7.28. The third kappa shape index (κ3) is 3.58. The van der Waals surface area contributed by atoms with Crippen LogP contribution in [0.4, 0.5) is 0 Å². The average Bonchev–Trinajstić information content (AvgIpc) is 2.48. The zero-order chi connectivity index (χ0) is 14.5. The average molecular weight is 277 g/mol. The Hall–Kier alpha value is -1.39. The van der Waals surface area contributed by atoms with E-state index in [1.807, 2.05) is 24.3 Å². The molecular formula is C16H23NO3. The van der Waals surface area contributed by atoms with E-state index in [-0.39, 0.29) is 12.6 Å². The van der Waals surface area contributed by atoms with E-state index < -0.39 is 11.9 Å². The largest absolute Gasteiger partial charge is 0.481 e. The van der Waals surface area contributed by atoms with Crippen LogP contribution in [0.3, 0.4) is 0 Å².